The molecule has 0 saturated heterocycles. The first-order valence-electron chi connectivity index (χ1n) is 6.16. The van der Waals surface area contributed by atoms with Crippen molar-refractivity contribution < 1.29 is 0 Å². The zero-order chi connectivity index (χ0) is 10.4. The molecule has 3 rings (SSSR count). The molecule has 0 radical (unpaired) electrons. The normalized spacial score (nSPS) is 17.7. The maximum atomic E-state index is 3.45. The molecule has 1 nitrogen and oxygen atoms in total. The van der Waals surface area contributed by atoms with E-state index in [1.807, 2.05) is 0 Å². The quantitative estimate of drug-likeness (QED) is 0.736. The summed E-state index contributed by atoms with van der Waals surface area (Å²) >= 11 is 0. The first-order valence-corrected chi connectivity index (χ1v) is 6.16. The van der Waals surface area contributed by atoms with Crippen LogP contribution in [0.3, 0.4) is 0 Å². The van der Waals surface area contributed by atoms with Gasteiger partial charge in [-0.05, 0) is 73.3 Å². The highest BCUT2D eigenvalue weighted by atomic mass is 14.8. The Hall–Kier alpha value is -0.980. The summed E-state index contributed by atoms with van der Waals surface area (Å²) in [7, 11) is 2.09. The van der Waals surface area contributed by atoms with Crippen LogP contribution in [0.1, 0.15) is 40.7 Å². The van der Waals surface area contributed by atoms with Gasteiger partial charge in [0.05, 0.1) is 0 Å². The summed E-state index contributed by atoms with van der Waals surface area (Å²) in [6.07, 6.45) is 7.91. The fourth-order valence-corrected chi connectivity index (χ4v) is 3.53. The van der Waals surface area contributed by atoms with Crippen molar-refractivity contribution in [2.45, 2.75) is 45.4 Å². The van der Waals surface area contributed by atoms with E-state index in [-0.39, 0.29) is 0 Å². The minimum absolute atomic E-state index is 1.29. The highest BCUT2D eigenvalue weighted by molar-refractivity contribution is 5.68. The van der Waals surface area contributed by atoms with Crippen LogP contribution in [0.5, 0.6) is 0 Å². The summed E-state index contributed by atoms with van der Waals surface area (Å²) in [5.74, 6) is 0. The van der Waals surface area contributed by atoms with Crippen molar-refractivity contribution in [1.29, 1.82) is 0 Å². The van der Waals surface area contributed by atoms with Gasteiger partial charge in [-0.3, -0.25) is 0 Å². The molecule has 2 aliphatic rings. The maximum absolute atomic E-state index is 3.45. The summed E-state index contributed by atoms with van der Waals surface area (Å²) < 4.78 is 0. The molecule has 0 aromatic heterocycles. The molecule has 0 spiro atoms. The Balaban J connectivity index is 2.31. The van der Waals surface area contributed by atoms with Crippen LogP contribution >= 0.6 is 0 Å². The lowest BCUT2D eigenvalue weighted by Gasteiger charge is -2.17. The number of benzene rings is 1. The second-order valence-electron chi connectivity index (χ2n) is 4.87. The molecule has 1 aromatic rings. The molecule has 0 aliphatic heterocycles. The Morgan fingerprint density at radius 3 is 1.73 bits per heavy atom. The number of hydrogen-bond donors (Lipinski definition) is 1. The van der Waals surface area contributed by atoms with E-state index >= 15 is 0 Å². The van der Waals surface area contributed by atoms with Gasteiger partial charge in [0, 0.05) is 12.7 Å². The Kier molecular flexibility index (Phi) is 2.01. The van der Waals surface area contributed by atoms with Gasteiger partial charge in [0.25, 0.3) is 0 Å². The second kappa shape index (κ2) is 3.26. The monoisotopic (exact) mass is 201 g/mol. The summed E-state index contributed by atoms with van der Waals surface area (Å²) in [5.41, 5.74) is 9.71. The van der Waals surface area contributed by atoms with Gasteiger partial charge in [0.2, 0.25) is 0 Å². The van der Waals surface area contributed by atoms with Crippen molar-refractivity contribution in [3.8, 4) is 0 Å². The number of anilines is 1. The minimum Gasteiger partial charge on any atom is -0.388 e. The number of fused-ring (bicyclic) bond motifs is 2. The van der Waals surface area contributed by atoms with Crippen molar-refractivity contribution >= 4 is 5.69 Å². The van der Waals surface area contributed by atoms with Crippen LogP contribution in [0.2, 0.25) is 0 Å². The molecule has 1 aromatic carbocycles. The molecule has 0 heterocycles. The van der Waals surface area contributed by atoms with Crippen molar-refractivity contribution in [2.75, 3.05) is 12.4 Å². The molecule has 0 amide bonds. The molecule has 1 N–H and O–H groups in total. The third-order valence-electron chi connectivity index (χ3n) is 4.19. The van der Waals surface area contributed by atoms with Crippen LogP contribution < -0.4 is 5.32 Å². The van der Waals surface area contributed by atoms with E-state index in [1.165, 1.54) is 44.2 Å². The van der Waals surface area contributed by atoms with Crippen molar-refractivity contribution in [3.63, 3.8) is 0 Å². The Morgan fingerprint density at radius 1 is 0.800 bits per heavy atom. The van der Waals surface area contributed by atoms with Crippen LogP contribution in [-0.4, -0.2) is 7.05 Å². The number of hydrogen-bond acceptors (Lipinski definition) is 1. The highest BCUT2D eigenvalue weighted by Gasteiger charge is 2.25. The summed E-state index contributed by atoms with van der Waals surface area (Å²) in [5, 5.41) is 3.45. The van der Waals surface area contributed by atoms with Crippen LogP contribution in [0.15, 0.2) is 0 Å². The second-order valence-corrected chi connectivity index (χ2v) is 4.87. The Morgan fingerprint density at radius 2 is 1.27 bits per heavy atom. The zero-order valence-electron chi connectivity index (χ0n) is 9.74. The highest BCUT2D eigenvalue weighted by Crippen LogP contribution is 2.40. The van der Waals surface area contributed by atoms with Gasteiger partial charge < -0.3 is 5.32 Å². The average molecular weight is 201 g/mol. The number of rotatable bonds is 1. The van der Waals surface area contributed by atoms with E-state index < -0.39 is 0 Å². The predicted molar refractivity (Wildman–Crippen MR) is 64.8 cm³/mol. The topological polar surface area (TPSA) is 12.0 Å². The van der Waals surface area contributed by atoms with Crippen LogP contribution in [0, 0.1) is 6.92 Å². The van der Waals surface area contributed by atoms with E-state index in [0.717, 1.165) is 0 Å². The lowest BCUT2D eigenvalue weighted by Crippen LogP contribution is -2.03. The van der Waals surface area contributed by atoms with Crippen molar-refractivity contribution in [1.82, 2.24) is 0 Å². The molecule has 1 heteroatoms. The molecule has 0 fully saturated rings. The molecular weight excluding hydrogens is 182 g/mol. The summed E-state index contributed by atoms with van der Waals surface area (Å²) in [6.45, 7) is 2.34. The minimum atomic E-state index is 1.29. The summed E-state index contributed by atoms with van der Waals surface area (Å²) in [6, 6.07) is 0. The molecule has 0 atom stereocenters. The lowest BCUT2D eigenvalue weighted by molar-refractivity contribution is 0.893. The lowest BCUT2D eigenvalue weighted by atomic mass is 9.93. The first kappa shape index (κ1) is 9.26. The summed E-state index contributed by atoms with van der Waals surface area (Å²) in [4.78, 5) is 0. The smallest absolute Gasteiger partial charge is 0.0408 e. The molecule has 0 unspecified atom stereocenters. The molecule has 0 bridgehead atoms. The van der Waals surface area contributed by atoms with Gasteiger partial charge in [-0.2, -0.15) is 0 Å². The SMILES string of the molecule is CNc1c2c(c(C)c3c1CCC3)CCC2. The van der Waals surface area contributed by atoms with Crippen LogP contribution in [0.4, 0.5) is 5.69 Å². The zero-order valence-corrected chi connectivity index (χ0v) is 9.74. The molecule has 0 saturated carbocycles. The van der Waals surface area contributed by atoms with E-state index in [4.69, 9.17) is 0 Å². The van der Waals surface area contributed by atoms with Crippen LogP contribution in [0.25, 0.3) is 0 Å². The van der Waals surface area contributed by atoms with E-state index in [1.54, 1.807) is 27.8 Å². The van der Waals surface area contributed by atoms with Gasteiger partial charge >= 0.3 is 0 Å². The van der Waals surface area contributed by atoms with Gasteiger partial charge in [-0.15, -0.1) is 0 Å². The average Bonchev–Trinajstić information content (AvgIpc) is 2.85. The van der Waals surface area contributed by atoms with Gasteiger partial charge in [0.1, 0.15) is 0 Å². The van der Waals surface area contributed by atoms with Crippen molar-refractivity contribution in [2.24, 2.45) is 0 Å². The van der Waals surface area contributed by atoms with E-state index in [2.05, 4.69) is 19.3 Å². The molecule has 80 valence electrons. The van der Waals surface area contributed by atoms with Gasteiger partial charge in [0.15, 0.2) is 0 Å². The van der Waals surface area contributed by atoms with Crippen LogP contribution in [-0.2, 0) is 25.7 Å². The largest absolute Gasteiger partial charge is 0.388 e. The molecule has 2 aliphatic carbocycles. The van der Waals surface area contributed by atoms with E-state index in [9.17, 15) is 0 Å². The molecule has 15 heavy (non-hydrogen) atoms. The van der Waals surface area contributed by atoms with Crippen molar-refractivity contribution in [3.05, 3.63) is 27.8 Å². The fourth-order valence-electron chi connectivity index (χ4n) is 3.53. The Labute approximate surface area is 91.9 Å². The Bertz CT molecular complexity index is 383. The standard InChI is InChI=1S/C14H19N/c1-9-10-5-3-7-12(10)14(15-2)13-8-4-6-11(9)13/h15H,3-8H2,1-2H3. The third-order valence-corrected chi connectivity index (χ3v) is 4.19. The van der Waals surface area contributed by atoms with Gasteiger partial charge in [-0.1, -0.05) is 0 Å². The number of nitrogens with one attached hydrogen (secondary N) is 1. The first-order chi connectivity index (χ1) is 7.33. The third kappa shape index (κ3) is 1.15. The maximum Gasteiger partial charge on any atom is 0.0408 e. The fraction of sp³-hybridized carbons (Fsp3) is 0.571. The van der Waals surface area contributed by atoms with Gasteiger partial charge in [-0.25, -0.2) is 0 Å². The predicted octanol–water partition coefficient (Wildman–Crippen LogP) is 3.01. The van der Waals surface area contributed by atoms with E-state index in [0.29, 0.717) is 0 Å². The molecular formula is C14H19N.